The number of nitrogens with one attached hydrogen (secondary N) is 1. The van der Waals surface area contributed by atoms with Gasteiger partial charge in [-0.3, -0.25) is 0 Å². The van der Waals surface area contributed by atoms with E-state index in [1.54, 1.807) is 0 Å². The van der Waals surface area contributed by atoms with E-state index in [0.717, 1.165) is 13.2 Å². The molecule has 0 aliphatic carbocycles. The Morgan fingerprint density at radius 2 is 1.68 bits per heavy atom. The summed E-state index contributed by atoms with van der Waals surface area (Å²) in [5.74, 6) is 0. The highest BCUT2D eigenvalue weighted by atomic mass is 16.5. The Hall–Kier alpha value is -0.860. The zero-order valence-electron chi connectivity index (χ0n) is 13.6. The van der Waals surface area contributed by atoms with Crippen LogP contribution in [0.5, 0.6) is 0 Å². The third-order valence-corrected chi connectivity index (χ3v) is 3.54. The van der Waals surface area contributed by atoms with Gasteiger partial charge in [-0.05, 0) is 65.2 Å². The fraction of sp³-hybridized carbons (Fsp3) is 0.647. The maximum absolute atomic E-state index is 5.73. The lowest BCUT2D eigenvalue weighted by Crippen LogP contribution is -2.39. The number of hydrogen-bond acceptors (Lipinski definition) is 2. The largest absolute Gasteiger partial charge is 0.375 e. The Morgan fingerprint density at radius 3 is 2.16 bits per heavy atom. The van der Waals surface area contributed by atoms with Gasteiger partial charge in [0.05, 0.1) is 5.60 Å². The average Bonchev–Trinajstić information content (AvgIpc) is 2.25. The van der Waals surface area contributed by atoms with Crippen molar-refractivity contribution >= 4 is 0 Å². The van der Waals surface area contributed by atoms with Crippen molar-refractivity contribution in [2.24, 2.45) is 0 Å². The van der Waals surface area contributed by atoms with E-state index in [9.17, 15) is 0 Å². The van der Waals surface area contributed by atoms with E-state index in [1.807, 2.05) is 6.92 Å². The molecule has 108 valence electrons. The van der Waals surface area contributed by atoms with Crippen molar-refractivity contribution in [3.05, 3.63) is 34.4 Å². The molecule has 1 aromatic rings. The van der Waals surface area contributed by atoms with E-state index in [2.05, 4.69) is 59.0 Å². The highest BCUT2D eigenvalue weighted by molar-refractivity contribution is 5.39. The lowest BCUT2D eigenvalue weighted by Gasteiger charge is -2.28. The first kappa shape index (κ1) is 16.2. The van der Waals surface area contributed by atoms with Crippen LogP contribution in [0.4, 0.5) is 0 Å². The van der Waals surface area contributed by atoms with Crippen molar-refractivity contribution in [2.45, 2.75) is 60.1 Å². The topological polar surface area (TPSA) is 21.3 Å². The molecule has 0 saturated heterocycles. The van der Waals surface area contributed by atoms with Crippen LogP contribution in [0.3, 0.4) is 0 Å². The van der Waals surface area contributed by atoms with Crippen molar-refractivity contribution in [3.63, 3.8) is 0 Å². The second kappa shape index (κ2) is 6.53. The molecular weight excluding hydrogens is 234 g/mol. The van der Waals surface area contributed by atoms with Crippen molar-refractivity contribution < 1.29 is 4.74 Å². The Balaban J connectivity index is 2.76. The lowest BCUT2D eigenvalue weighted by atomic mass is 9.94. The first-order valence-corrected chi connectivity index (χ1v) is 7.22. The molecule has 0 amide bonds. The minimum Gasteiger partial charge on any atom is -0.375 e. The Kier molecular flexibility index (Phi) is 5.57. The molecule has 19 heavy (non-hydrogen) atoms. The summed E-state index contributed by atoms with van der Waals surface area (Å²) in [5.41, 5.74) is 5.37. The number of rotatable bonds is 6. The summed E-state index contributed by atoms with van der Waals surface area (Å²) in [6.45, 7) is 16.7. The molecule has 2 nitrogen and oxygen atoms in total. The van der Waals surface area contributed by atoms with Crippen LogP contribution in [0.15, 0.2) is 12.1 Å². The minimum absolute atomic E-state index is 0.116. The van der Waals surface area contributed by atoms with Crippen molar-refractivity contribution in [3.8, 4) is 0 Å². The van der Waals surface area contributed by atoms with Gasteiger partial charge in [-0.25, -0.2) is 0 Å². The van der Waals surface area contributed by atoms with Crippen LogP contribution in [-0.2, 0) is 4.74 Å². The standard InChI is InChI=1S/C17H29NO/c1-8-19-17(6,7)11-18-15(5)16-13(3)9-12(2)10-14(16)4/h9-10,15,18H,8,11H2,1-7H3. The van der Waals surface area contributed by atoms with Gasteiger partial charge in [0.2, 0.25) is 0 Å². The molecule has 0 aliphatic rings. The highest BCUT2D eigenvalue weighted by Gasteiger charge is 2.20. The molecule has 0 bridgehead atoms. The second-order valence-electron chi connectivity index (χ2n) is 6.11. The molecule has 1 aromatic carbocycles. The molecule has 2 heteroatoms. The van der Waals surface area contributed by atoms with Crippen molar-refractivity contribution in [2.75, 3.05) is 13.2 Å². The summed E-state index contributed by atoms with van der Waals surface area (Å²) in [5, 5.41) is 3.60. The van der Waals surface area contributed by atoms with Gasteiger partial charge in [-0.1, -0.05) is 17.7 Å². The molecule has 0 heterocycles. The molecule has 1 N–H and O–H groups in total. The Labute approximate surface area is 118 Å². The zero-order chi connectivity index (χ0) is 14.6. The first-order chi connectivity index (χ1) is 8.76. The quantitative estimate of drug-likeness (QED) is 0.835. The van der Waals surface area contributed by atoms with E-state index in [1.165, 1.54) is 22.3 Å². The van der Waals surface area contributed by atoms with Gasteiger partial charge in [0, 0.05) is 19.2 Å². The molecule has 0 aromatic heterocycles. The summed E-state index contributed by atoms with van der Waals surface area (Å²) in [6.07, 6.45) is 0. The molecule has 1 unspecified atom stereocenters. The van der Waals surface area contributed by atoms with Crippen LogP contribution < -0.4 is 5.32 Å². The van der Waals surface area contributed by atoms with Crippen LogP contribution in [-0.4, -0.2) is 18.8 Å². The van der Waals surface area contributed by atoms with Crippen molar-refractivity contribution in [1.82, 2.24) is 5.32 Å². The van der Waals surface area contributed by atoms with Gasteiger partial charge in [-0.2, -0.15) is 0 Å². The summed E-state index contributed by atoms with van der Waals surface area (Å²) in [7, 11) is 0. The number of ether oxygens (including phenoxy) is 1. The molecule has 0 aliphatic heterocycles. The Morgan fingerprint density at radius 1 is 1.16 bits per heavy atom. The normalized spacial score (nSPS) is 13.6. The Bertz CT molecular complexity index is 400. The first-order valence-electron chi connectivity index (χ1n) is 7.22. The van der Waals surface area contributed by atoms with Crippen molar-refractivity contribution in [1.29, 1.82) is 0 Å². The second-order valence-corrected chi connectivity index (χ2v) is 6.11. The fourth-order valence-corrected chi connectivity index (χ4v) is 2.82. The van der Waals surface area contributed by atoms with E-state index >= 15 is 0 Å². The molecular formula is C17H29NO. The molecule has 1 atom stereocenters. The van der Waals surface area contributed by atoms with E-state index in [4.69, 9.17) is 4.74 Å². The number of hydrogen-bond donors (Lipinski definition) is 1. The third-order valence-electron chi connectivity index (χ3n) is 3.54. The smallest absolute Gasteiger partial charge is 0.0750 e. The van der Waals surface area contributed by atoms with Gasteiger partial charge < -0.3 is 10.1 Å². The van der Waals surface area contributed by atoms with Gasteiger partial charge in [0.15, 0.2) is 0 Å². The molecule has 0 saturated carbocycles. The summed E-state index contributed by atoms with van der Waals surface area (Å²) < 4.78 is 5.73. The highest BCUT2D eigenvalue weighted by Crippen LogP contribution is 2.23. The van der Waals surface area contributed by atoms with Crippen LogP contribution in [0.25, 0.3) is 0 Å². The summed E-state index contributed by atoms with van der Waals surface area (Å²) in [6, 6.07) is 4.86. The molecule has 1 rings (SSSR count). The van der Waals surface area contributed by atoms with Gasteiger partial charge in [-0.15, -0.1) is 0 Å². The lowest BCUT2D eigenvalue weighted by molar-refractivity contribution is -0.0103. The van der Waals surface area contributed by atoms with Gasteiger partial charge in [0.1, 0.15) is 0 Å². The van der Waals surface area contributed by atoms with Crippen LogP contribution in [0, 0.1) is 20.8 Å². The predicted octanol–water partition coefficient (Wildman–Crippen LogP) is 4.08. The molecule has 0 radical (unpaired) electrons. The number of aryl methyl sites for hydroxylation is 3. The minimum atomic E-state index is -0.116. The fourth-order valence-electron chi connectivity index (χ4n) is 2.82. The summed E-state index contributed by atoms with van der Waals surface area (Å²) in [4.78, 5) is 0. The van der Waals surface area contributed by atoms with Gasteiger partial charge in [0.25, 0.3) is 0 Å². The van der Waals surface area contributed by atoms with Crippen LogP contribution in [0.1, 0.15) is 56.0 Å². The van der Waals surface area contributed by atoms with Gasteiger partial charge >= 0.3 is 0 Å². The monoisotopic (exact) mass is 263 g/mol. The van der Waals surface area contributed by atoms with E-state index in [0.29, 0.717) is 6.04 Å². The predicted molar refractivity (Wildman–Crippen MR) is 82.8 cm³/mol. The SMILES string of the molecule is CCOC(C)(C)CNC(C)c1c(C)cc(C)cc1C. The zero-order valence-corrected chi connectivity index (χ0v) is 13.6. The third kappa shape index (κ3) is 4.63. The molecule has 0 fully saturated rings. The molecule has 0 spiro atoms. The van der Waals surface area contributed by atoms with Crippen LogP contribution >= 0.6 is 0 Å². The van der Waals surface area contributed by atoms with Crippen LogP contribution in [0.2, 0.25) is 0 Å². The summed E-state index contributed by atoms with van der Waals surface area (Å²) >= 11 is 0. The van der Waals surface area contributed by atoms with E-state index < -0.39 is 0 Å². The average molecular weight is 263 g/mol. The maximum Gasteiger partial charge on any atom is 0.0750 e. The van der Waals surface area contributed by atoms with E-state index in [-0.39, 0.29) is 5.60 Å². The number of benzene rings is 1. The maximum atomic E-state index is 5.73.